The number of para-hydroxylation sites is 1. The van der Waals surface area contributed by atoms with E-state index in [4.69, 9.17) is 9.47 Å². The SMILES string of the molecule is CCOC(=O)[C@@H]1C[C@H]1c1ccccc1OC(C)=O. The van der Waals surface area contributed by atoms with Crippen molar-refractivity contribution in [1.29, 1.82) is 0 Å². The van der Waals surface area contributed by atoms with E-state index in [9.17, 15) is 9.59 Å². The Labute approximate surface area is 106 Å². The van der Waals surface area contributed by atoms with Crippen LogP contribution in [0.15, 0.2) is 24.3 Å². The van der Waals surface area contributed by atoms with Crippen molar-refractivity contribution in [3.63, 3.8) is 0 Å². The lowest BCUT2D eigenvalue weighted by atomic mass is 10.1. The Hall–Kier alpha value is -1.84. The zero-order valence-corrected chi connectivity index (χ0v) is 10.5. The average molecular weight is 248 g/mol. The van der Waals surface area contributed by atoms with E-state index in [1.807, 2.05) is 18.2 Å². The molecule has 96 valence electrons. The first-order valence-corrected chi connectivity index (χ1v) is 6.07. The highest BCUT2D eigenvalue weighted by molar-refractivity contribution is 5.78. The van der Waals surface area contributed by atoms with E-state index >= 15 is 0 Å². The van der Waals surface area contributed by atoms with Gasteiger partial charge in [0.25, 0.3) is 0 Å². The summed E-state index contributed by atoms with van der Waals surface area (Å²) < 4.78 is 10.1. The molecule has 0 heterocycles. The van der Waals surface area contributed by atoms with Crippen molar-refractivity contribution in [3.8, 4) is 5.75 Å². The van der Waals surface area contributed by atoms with E-state index in [1.54, 1.807) is 13.0 Å². The van der Waals surface area contributed by atoms with Crippen molar-refractivity contribution in [2.75, 3.05) is 6.61 Å². The molecule has 0 amide bonds. The highest BCUT2D eigenvalue weighted by Crippen LogP contribution is 2.50. The third-order valence-electron chi connectivity index (χ3n) is 2.95. The second kappa shape index (κ2) is 5.21. The molecular formula is C14H16O4. The minimum atomic E-state index is -0.351. The molecule has 18 heavy (non-hydrogen) atoms. The Balaban J connectivity index is 2.11. The summed E-state index contributed by atoms with van der Waals surface area (Å²) in [5, 5.41) is 0. The molecule has 0 unspecified atom stereocenters. The third kappa shape index (κ3) is 2.70. The van der Waals surface area contributed by atoms with Crippen LogP contribution < -0.4 is 4.74 Å². The highest BCUT2D eigenvalue weighted by atomic mass is 16.5. The molecule has 2 rings (SSSR count). The maximum Gasteiger partial charge on any atom is 0.309 e. The molecule has 1 aromatic rings. The first kappa shape index (κ1) is 12.6. The molecule has 2 atom stereocenters. The number of hydrogen-bond acceptors (Lipinski definition) is 4. The van der Waals surface area contributed by atoms with E-state index < -0.39 is 0 Å². The van der Waals surface area contributed by atoms with Crippen molar-refractivity contribution in [1.82, 2.24) is 0 Å². The van der Waals surface area contributed by atoms with Gasteiger partial charge in [-0.1, -0.05) is 18.2 Å². The number of rotatable bonds is 4. The molecule has 1 aliphatic carbocycles. The summed E-state index contributed by atoms with van der Waals surface area (Å²) in [5.74, 6) is 0.0407. The van der Waals surface area contributed by atoms with Crippen molar-refractivity contribution >= 4 is 11.9 Å². The van der Waals surface area contributed by atoms with E-state index in [0.717, 1.165) is 12.0 Å². The Morgan fingerprint density at radius 2 is 2.06 bits per heavy atom. The van der Waals surface area contributed by atoms with Crippen LogP contribution in [0, 0.1) is 5.92 Å². The van der Waals surface area contributed by atoms with E-state index in [1.165, 1.54) is 6.92 Å². The summed E-state index contributed by atoms with van der Waals surface area (Å²) >= 11 is 0. The van der Waals surface area contributed by atoms with Gasteiger partial charge in [0.2, 0.25) is 0 Å². The Morgan fingerprint density at radius 3 is 2.72 bits per heavy atom. The molecule has 1 saturated carbocycles. The average Bonchev–Trinajstić information content (AvgIpc) is 3.09. The number of carbonyl (C=O) groups is 2. The van der Waals surface area contributed by atoms with Crippen LogP contribution in [0.5, 0.6) is 5.75 Å². The summed E-state index contributed by atoms with van der Waals surface area (Å²) in [7, 11) is 0. The molecule has 0 spiro atoms. The van der Waals surface area contributed by atoms with Crippen molar-refractivity contribution in [3.05, 3.63) is 29.8 Å². The van der Waals surface area contributed by atoms with Gasteiger partial charge in [-0.25, -0.2) is 0 Å². The van der Waals surface area contributed by atoms with Crippen LogP contribution in [0.1, 0.15) is 31.7 Å². The van der Waals surface area contributed by atoms with Crippen molar-refractivity contribution in [2.24, 2.45) is 5.92 Å². The van der Waals surface area contributed by atoms with Crippen LogP contribution in [-0.4, -0.2) is 18.5 Å². The van der Waals surface area contributed by atoms with E-state index in [-0.39, 0.29) is 23.8 Å². The van der Waals surface area contributed by atoms with Gasteiger partial charge in [-0.15, -0.1) is 0 Å². The van der Waals surface area contributed by atoms with Crippen molar-refractivity contribution < 1.29 is 19.1 Å². The zero-order chi connectivity index (χ0) is 13.1. The summed E-state index contributed by atoms with van der Waals surface area (Å²) in [6.07, 6.45) is 0.761. The van der Waals surface area contributed by atoms with Gasteiger partial charge in [0.1, 0.15) is 5.75 Å². The molecular weight excluding hydrogens is 232 g/mol. The molecule has 0 saturated heterocycles. The Morgan fingerprint density at radius 1 is 1.33 bits per heavy atom. The molecule has 4 heteroatoms. The second-order valence-electron chi connectivity index (χ2n) is 4.33. The van der Waals surface area contributed by atoms with E-state index in [2.05, 4.69) is 0 Å². The van der Waals surface area contributed by atoms with Gasteiger partial charge in [-0.2, -0.15) is 0 Å². The lowest BCUT2D eigenvalue weighted by Gasteiger charge is -2.08. The van der Waals surface area contributed by atoms with Crippen LogP contribution in [-0.2, 0) is 14.3 Å². The van der Waals surface area contributed by atoms with Gasteiger partial charge in [0, 0.05) is 12.8 Å². The predicted molar refractivity (Wildman–Crippen MR) is 65.2 cm³/mol. The Bertz CT molecular complexity index is 467. The van der Waals surface area contributed by atoms with Crippen LogP contribution in [0.2, 0.25) is 0 Å². The number of benzene rings is 1. The number of carbonyl (C=O) groups excluding carboxylic acids is 2. The normalized spacial score (nSPS) is 21.2. The second-order valence-corrected chi connectivity index (χ2v) is 4.33. The molecule has 1 aliphatic rings. The fourth-order valence-electron chi connectivity index (χ4n) is 2.08. The molecule has 0 aromatic heterocycles. The molecule has 0 radical (unpaired) electrons. The molecule has 0 aliphatic heterocycles. The maximum absolute atomic E-state index is 11.6. The summed E-state index contributed by atoms with van der Waals surface area (Å²) in [6, 6.07) is 7.33. The van der Waals surface area contributed by atoms with Gasteiger partial charge in [-0.3, -0.25) is 9.59 Å². The summed E-state index contributed by atoms with van der Waals surface area (Å²) in [6.45, 7) is 3.56. The fraction of sp³-hybridized carbons (Fsp3) is 0.429. The fourth-order valence-corrected chi connectivity index (χ4v) is 2.08. The molecule has 0 N–H and O–H groups in total. The van der Waals surface area contributed by atoms with Gasteiger partial charge in [-0.05, 0) is 25.0 Å². The smallest absolute Gasteiger partial charge is 0.309 e. The largest absolute Gasteiger partial charge is 0.466 e. The van der Waals surface area contributed by atoms with Crippen LogP contribution in [0.4, 0.5) is 0 Å². The number of ether oxygens (including phenoxy) is 2. The first-order chi connectivity index (χ1) is 8.63. The van der Waals surface area contributed by atoms with Gasteiger partial charge >= 0.3 is 11.9 Å². The lowest BCUT2D eigenvalue weighted by molar-refractivity contribution is -0.144. The first-order valence-electron chi connectivity index (χ1n) is 6.07. The van der Waals surface area contributed by atoms with Crippen LogP contribution in [0.25, 0.3) is 0 Å². The quantitative estimate of drug-likeness (QED) is 0.606. The number of hydrogen-bond donors (Lipinski definition) is 0. The topological polar surface area (TPSA) is 52.6 Å². The maximum atomic E-state index is 11.6. The van der Waals surface area contributed by atoms with Gasteiger partial charge < -0.3 is 9.47 Å². The summed E-state index contributed by atoms with van der Waals surface area (Å²) in [5.41, 5.74) is 0.908. The predicted octanol–water partition coefficient (Wildman–Crippen LogP) is 2.28. The lowest BCUT2D eigenvalue weighted by Crippen LogP contribution is -2.08. The Kier molecular flexibility index (Phi) is 3.65. The molecule has 4 nitrogen and oxygen atoms in total. The van der Waals surface area contributed by atoms with Crippen molar-refractivity contribution in [2.45, 2.75) is 26.2 Å². The van der Waals surface area contributed by atoms with Gasteiger partial charge in [0.15, 0.2) is 0 Å². The molecule has 0 bridgehead atoms. The highest BCUT2D eigenvalue weighted by Gasteiger charge is 2.46. The van der Waals surface area contributed by atoms with Gasteiger partial charge in [0.05, 0.1) is 12.5 Å². The summed E-state index contributed by atoms with van der Waals surface area (Å²) in [4.78, 5) is 22.6. The number of esters is 2. The minimum Gasteiger partial charge on any atom is -0.466 e. The molecule has 1 fully saturated rings. The standard InChI is InChI=1S/C14H16O4/c1-3-17-14(16)12-8-11(12)10-6-4-5-7-13(10)18-9(2)15/h4-7,11-12H,3,8H2,1-2H3/t11-,12+/m0/s1. The minimum absolute atomic E-state index is 0.0957. The molecule has 1 aromatic carbocycles. The third-order valence-corrected chi connectivity index (χ3v) is 2.95. The zero-order valence-electron chi connectivity index (χ0n) is 10.5. The van der Waals surface area contributed by atoms with Crippen LogP contribution in [0.3, 0.4) is 0 Å². The monoisotopic (exact) mass is 248 g/mol. The van der Waals surface area contributed by atoms with Crippen LogP contribution >= 0.6 is 0 Å². The van der Waals surface area contributed by atoms with E-state index in [0.29, 0.717) is 12.4 Å².